The minimum atomic E-state index is -1.22. The quantitative estimate of drug-likeness (QED) is 0.898. The molecule has 0 saturated carbocycles. The number of aromatic nitrogens is 1. The molecular weight excluding hydrogens is 239 g/mol. The molecule has 0 spiro atoms. The maximum atomic E-state index is 14.4. The number of halogens is 1. The van der Waals surface area contributed by atoms with Crippen LogP contribution in [0.3, 0.4) is 0 Å². The molecule has 1 fully saturated rings. The van der Waals surface area contributed by atoms with E-state index in [0.717, 1.165) is 23.9 Å². The van der Waals surface area contributed by atoms with Crippen LogP contribution in [0.1, 0.15) is 24.0 Å². The molecule has 1 saturated heterocycles. The molecule has 17 heavy (non-hydrogen) atoms. The average molecular weight is 258 g/mol. The van der Waals surface area contributed by atoms with Crippen LogP contribution >= 0.6 is 11.3 Å². The average Bonchev–Trinajstić information content (AvgIpc) is 2.63. The zero-order chi connectivity index (χ0) is 12.3. The molecule has 0 aromatic carbocycles. The molecule has 1 N–H and O–H groups in total. The van der Waals surface area contributed by atoms with E-state index in [-0.39, 0.29) is 6.04 Å². The van der Waals surface area contributed by atoms with Gasteiger partial charge < -0.3 is 10.1 Å². The van der Waals surface area contributed by atoms with Crippen molar-refractivity contribution in [1.82, 2.24) is 10.3 Å². The minimum absolute atomic E-state index is 0.125. The van der Waals surface area contributed by atoms with Crippen molar-refractivity contribution < 1.29 is 9.13 Å². The molecule has 5 heteroatoms. The fourth-order valence-corrected chi connectivity index (χ4v) is 3.08. The van der Waals surface area contributed by atoms with Gasteiger partial charge in [0.25, 0.3) is 0 Å². The van der Waals surface area contributed by atoms with Gasteiger partial charge in [-0.3, -0.25) is 0 Å². The van der Waals surface area contributed by atoms with E-state index in [0.29, 0.717) is 19.4 Å². The van der Waals surface area contributed by atoms with E-state index in [1.54, 1.807) is 6.92 Å². The Morgan fingerprint density at radius 3 is 3.12 bits per heavy atom. The molecule has 0 radical (unpaired) electrons. The van der Waals surface area contributed by atoms with Gasteiger partial charge in [0, 0.05) is 30.1 Å². The maximum absolute atomic E-state index is 14.4. The van der Waals surface area contributed by atoms with Crippen molar-refractivity contribution in [1.29, 1.82) is 0 Å². The first-order chi connectivity index (χ1) is 8.05. The van der Waals surface area contributed by atoms with Crippen LogP contribution in [0.25, 0.3) is 0 Å². The van der Waals surface area contributed by atoms with Crippen molar-refractivity contribution in [3.8, 4) is 0 Å². The Kier molecular flexibility index (Phi) is 4.12. The van der Waals surface area contributed by atoms with Crippen LogP contribution in [-0.2, 0) is 11.2 Å². The number of hydrogen-bond acceptors (Lipinski definition) is 4. The van der Waals surface area contributed by atoms with Gasteiger partial charge in [0.1, 0.15) is 5.67 Å². The number of nitrogens with zero attached hydrogens (tertiary/aromatic N) is 1. The summed E-state index contributed by atoms with van der Waals surface area (Å²) in [5.74, 6) is 0. The van der Waals surface area contributed by atoms with Crippen molar-refractivity contribution in [2.24, 2.45) is 0 Å². The Balaban J connectivity index is 1.88. The predicted molar refractivity (Wildman–Crippen MR) is 67.3 cm³/mol. The SMILES string of the molecule is Cc1csc(CC(C)(F)CC2COCCN2)n1. The smallest absolute Gasteiger partial charge is 0.116 e. The van der Waals surface area contributed by atoms with Crippen molar-refractivity contribution in [2.75, 3.05) is 19.8 Å². The largest absolute Gasteiger partial charge is 0.379 e. The second-order valence-corrected chi connectivity index (χ2v) is 5.85. The zero-order valence-electron chi connectivity index (χ0n) is 10.3. The predicted octanol–water partition coefficient (Wildman–Crippen LogP) is 2.10. The number of nitrogens with one attached hydrogen (secondary N) is 1. The van der Waals surface area contributed by atoms with Gasteiger partial charge >= 0.3 is 0 Å². The first-order valence-corrected chi connectivity index (χ1v) is 6.84. The van der Waals surface area contributed by atoms with Crippen molar-refractivity contribution >= 4 is 11.3 Å². The highest BCUT2D eigenvalue weighted by Crippen LogP contribution is 2.25. The molecule has 3 nitrogen and oxygen atoms in total. The molecule has 2 unspecified atom stereocenters. The molecule has 96 valence electrons. The first kappa shape index (κ1) is 12.9. The summed E-state index contributed by atoms with van der Waals surface area (Å²) in [5.41, 5.74) is -0.247. The monoisotopic (exact) mass is 258 g/mol. The lowest BCUT2D eigenvalue weighted by atomic mass is 9.95. The Morgan fingerprint density at radius 2 is 2.53 bits per heavy atom. The Labute approximate surface area is 105 Å². The van der Waals surface area contributed by atoms with E-state index in [9.17, 15) is 4.39 Å². The molecule has 1 aliphatic rings. The van der Waals surface area contributed by atoms with E-state index >= 15 is 0 Å². The summed E-state index contributed by atoms with van der Waals surface area (Å²) < 4.78 is 19.8. The maximum Gasteiger partial charge on any atom is 0.116 e. The summed E-state index contributed by atoms with van der Waals surface area (Å²) in [6.45, 7) is 5.74. The molecule has 1 aliphatic heterocycles. The minimum Gasteiger partial charge on any atom is -0.379 e. The van der Waals surface area contributed by atoms with Gasteiger partial charge in [-0.15, -0.1) is 11.3 Å². The standard InChI is InChI=1S/C12H19FN2OS/c1-9-8-17-11(15-9)6-12(2,13)5-10-7-16-4-3-14-10/h8,10,14H,3-7H2,1-2H3. The summed E-state index contributed by atoms with van der Waals surface area (Å²) in [4.78, 5) is 4.32. The third-order valence-electron chi connectivity index (χ3n) is 2.86. The summed E-state index contributed by atoms with van der Waals surface area (Å²) in [7, 11) is 0. The fourth-order valence-electron chi connectivity index (χ4n) is 2.14. The third kappa shape index (κ3) is 4.01. The summed E-state index contributed by atoms with van der Waals surface area (Å²) in [6, 6.07) is 0.125. The van der Waals surface area contributed by atoms with Crippen LogP contribution < -0.4 is 5.32 Å². The highest BCUT2D eigenvalue weighted by molar-refractivity contribution is 7.09. The lowest BCUT2D eigenvalue weighted by Crippen LogP contribution is -2.45. The molecule has 2 heterocycles. The molecular formula is C12H19FN2OS. The summed E-state index contributed by atoms with van der Waals surface area (Å²) in [5, 5.41) is 6.13. The molecule has 1 aromatic rings. The van der Waals surface area contributed by atoms with Gasteiger partial charge in [-0.2, -0.15) is 0 Å². The van der Waals surface area contributed by atoms with E-state index in [1.165, 1.54) is 11.3 Å². The lowest BCUT2D eigenvalue weighted by Gasteiger charge is -2.29. The third-order valence-corrected chi connectivity index (χ3v) is 3.82. The van der Waals surface area contributed by atoms with Gasteiger partial charge in [0.2, 0.25) is 0 Å². The molecule has 0 amide bonds. The summed E-state index contributed by atoms with van der Waals surface area (Å²) in [6.07, 6.45) is 0.870. The molecule has 0 aliphatic carbocycles. The van der Waals surface area contributed by atoms with Gasteiger partial charge in [0.05, 0.1) is 18.2 Å². The van der Waals surface area contributed by atoms with Crippen LogP contribution in [0.5, 0.6) is 0 Å². The van der Waals surface area contributed by atoms with E-state index in [2.05, 4.69) is 10.3 Å². The number of aryl methyl sites for hydroxylation is 1. The Bertz CT molecular complexity index is 361. The van der Waals surface area contributed by atoms with E-state index in [1.807, 2.05) is 12.3 Å². The van der Waals surface area contributed by atoms with Crippen LogP contribution in [-0.4, -0.2) is 36.5 Å². The van der Waals surface area contributed by atoms with E-state index in [4.69, 9.17) is 4.74 Å². The number of ether oxygens (including phenoxy) is 1. The van der Waals surface area contributed by atoms with Crippen LogP contribution in [0, 0.1) is 6.92 Å². The van der Waals surface area contributed by atoms with Gasteiger partial charge in [0.15, 0.2) is 0 Å². The molecule has 2 atom stereocenters. The molecule has 1 aromatic heterocycles. The normalized spacial score (nSPS) is 24.5. The lowest BCUT2D eigenvalue weighted by molar-refractivity contribution is 0.0483. The molecule has 0 bridgehead atoms. The van der Waals surface area contributed by atoms with Gasteiger partial charge in [-0.05, 0) is 20.3 Å². The Morgan fingerprint density at radius 1 is 1.71 bits per heavy atom. The highest BCUT2D eigenvalue weighted by Gasteiger charge is 2.30. The first-order valence-electron chi connectivity index (χ1n) is 5.96. The fraction of sp³-hybridized carbons (Fsp3) is 0.750. The second kappa shape index (κ2) is 5.42. The zero-order valence-corrected chi connectivity index (χ0v) is 11.1. The number of rotatable bonds is 4. The Hall–Kier alpha value is -0.520. The molecule has 2 rings (SSSR count). The van der Waals surface area contributed by atoms with E-state index < -0.39 is 5.67 Å². The van der Waals surface area contributed by atoms with Crippen molar-refractivity contribution in [3.05, 3.63) is 16.1 Å². The van der Waals surface area contributed by atoms with Crippen LogP contribution in [0.15, 0.2) is 5.38 Å². The number of alkyl halides is 1. The van der Waals surface area contributed by atoms with Crippen molar-refractivity contribution in [2.45, 2.75) is 38.4 Å². The van der Waals surface area contributed by atoms with Gasteiger partial charge in [-0.1, -0.05) is 0 Å². The number of thiazole rings is 1. The van der Waals surface area contributed by atoms with Crippen LogP contribution in [0.2, 0.25) is 0 Å². The van der Waals surface area contributed by atoms with Crippen molar-refractivity contribution in [3.63, 3.8) is 0 Å². The van der Waals surface area contributed by atoms with Crippen LogP contribution in [0.4, 0.5) is 4.39 Å². The second-order valence-electron chi connectivity index (χ2n) is 4.90. The topological polar surface area (TPSA) is 34.1 Å². The highest BCUT2D eigenvalue weighted by atomic mass is 32.1. The number of morpholine rings is 1. The summed E-state index contributed by atoms with van der Waals surface area (Å²) >= 11 is 1.54. The van der Waals surface area contributed by atoms with Gasteiger partial charge in [-0.25, -0.2) is 9.37 Å². The number of hydrogen-bond donors (Lipinski definition) is 1.